The average Bonchev–Trinajstić information content (AvgIpc) is 3.70. The Bertz CT molecular complexity index is 2720. The standard InChI is InChI=1S/C50H40N2O/c1-32(34-16-7-5-8-17-34)26-28-37(33(2)35-18-9-6-10-19-35)45-31-46(42-23-15-22-41-40-21-12-14-25-47(40)53-48(41)42)52-49(51-45)36-27-29-39-38-20-11-13-24-43(38)50(3,4)44(39)30-36/h6-7,9-31H,1,5,8H2,2-4H3/b28-26-,37-33-. The highest BCUT2D eigenvalue weighted by atomic mass is 16.3. The van der Waals surface area contributed by atoms with Crippen LogP contribution in [0, 0.1) is 0 Å². The van der Waals surface area contributed by atoms with Gasteiger partial charge in [-0.3, -0.25) is 0 Å². The predicted octanol–water partition coefficient (Wildman–Crippen LogP) is 13.3. The second-order valence-electron chi connectivity index (χ2n) is 14.6. The maximum absolute atomic E-state index is 6.56. The van der Waals surface area contributed by atoms with Gasteiger partial charge in [-0.2, -0.15) is 0 Å². The molecule has 2 heterocycles. The molecule has 0 unspecified atom stereocenters. The van der Waals surface area contributed by atoms with Gasteiger partial charge in [0.2, 0.25) is 0 Å². The van der Waals surface area contributed by atoms with E-state index < -0.39 is 0 Å². The number of aromatic nitrogens is 2. The Morgan fingerprint density at radius 3 is 2.32 bits per heavy atom. The summed E-state index contributed by atoms with van der Waals surface area (Å²) in [6.07, 6.45) is 13.1. The van der Waals surface area contributed by atoms with Gasteiger partial charge >= 0.3 is 0 Å². The molecule has 0 atom stereocenters. The molecule has 3 heteroatoms. The van der Waals surface area contributed by atoms with Crippen LogP contribution in [0.25, 0.3) is 66.9 Å². The smallest absolute Gasteiger partial charge is 0.160 e. The zero-order valence-electron chi connectivity index (χ0n) is 30.4. The number of benzene rings is 5. The molecule has 0 saturated carbocycles. The lowest BCUT2D eigenvalue weighted by Crippen LogP contribution is -2.15. The first kappa shape index (κ1) is 32.6. The van der Waals surface area contributed by atoms with Crippen molar-refractivity contribution in [2.75, 3.05) is 0 Å². The van der Waals surface area contributed by atoms with Crippen molar-refractivity contribution in [1.29, 1.82) is 0 Å². The Balaban J connectivity index is 1.27. The molecule has 3 nitrogen and oxygen atoms in total. The number of fused-ring (bicyclic) bond motifs is 6. The lowest BCUT2D eigenvalue weighted by Gasteiger charge is -2.22. The van der Waals surface area contributed by atoms with Crippen molar-refractivity contribution in [1.82, 2.24) is 9.97 Å². The number of rotatable bonds is 7. The lowest BCUT2D eigenvalue weighted by molar-refractivity contribution is 0.660. The minimum atomic E-state index is -0.150. The van der Waals surface area contributed by atoms with E-state index in [0.29, 0.717) is 5.82 Å². The minimum Gasteiger partial charge on any atom is -0.455 e. The van der Waals surface area contributed by atoms with Crippen molar-refractivity contribution >= 4 is 33.1 Å². The third-order valence-corrected chi connectivity index (χ3v) is 11.0. The third kappa shape index (κ3) is 5.70. The van der Waals surface area contributed by atoms with Crippen molar-refractivity contribution in [3.8, 4) is 33.8 Å². The van der Waals surface area contributed by atoms with E-state index in [2.05, 4.69) is 167 Å². The highest BCUT2D eigenvalue weighted by Gasteiger charge is 2.35. The number of hydrogen-bond acceptors (Lipinski definition) is 3. The van der Waals surface area contributed by atoms with Crippen LogP contribution in [0.2, 0.25) is 0 Å². The van der Waals surface area contributed by atoms with Gasteiger partial charge in [0.15, 0.2) is 5.82 Å². The molecule has 2 aromatic heterocycles. The van der Waals surface area contributed by atoms with E-state index in [0.717, 1.165) is 85.2 Å². The zero-order valence-corrected chi connectivity index (χ0v) is 30.4. The van der Waals surface area contributed by atoms with Gasteiger partial charge in [-0.25, -0.2) is 9.97 Å². The van der Waals surface area contributed by atoms with Gasteiger partial charge < -0.3 is 4.42 Å². The van der Waals surface area contributed by atoms with Crippen LogP contribution >= 0.6 is 0 Å². The van der Waals surface area contributed by atoms with Crippen molar-refractivity contribution < 1.29 is 4.42 Å². The molecule has 53 heavy (non-hydrogen) atoms. The number of furan rings is 1. The van der Waals surface area contributed by atoms with Crippen LogP contribution in [-0.2, 0) is 5.41 Å². The highest BCUT2D eigenvalue weighted by molar-refractivity contribution is 6.09. The van der Waals surface area contributed by atoms with Gasteiger partial charge in [-0.15, -0.1) is 0 Å². The van der Waals surface area contributed by atoms with E-state index in [9.17, 15) is 0 Å². The Kier molecular flexibility index (Phi) is 8.00. The SMILES string of the molecule is C=C(/C=C\C(=C(/C)c1ccccc1)c1cc(-c2cccc3c2oc2ccccc23)nc(-c2ccc3c(c2)C(C)(C)c2ccccc2-3)n1)C1=CCCC=C1. The summed E-state index contributed by atoms with van der Waals surface area (Å²) in [5.41, 5.74) is 15.7. The van der Waals surface area contributed by atoms with Crippen LogP contribution in [0.1, 0.15) is 56.0 Å². The largest absolute Gasteiger partial charge is 0.455 e. The van der Waals surface area contributed by atoms with Gasteiger partial charge in [0.05, 0.1) is 11.4 Å². The number of allylic oxidation sites excluding steroid dienone is 9. The molecule has 0 radical (unpaired) electrons. The van der Waals surface area contributed by atoms with Crippen LogP contribution in [0.3, 0.4) is 0 Å². The molecule has 5 aromatic carbocycles. The fourth-order valence-corrected chi connectivity index (χ4v) is 8.02. The summed E-state index contributed by atoms with van der Waals surface area (Å²) in [6.45, 7) is 11.2. The van der Waals surface area contributed by atoms with Crippen molar-refractivity contribution in [3.05, 3.63) is 192 Å². The summed E-state index contributed by atoms with van der Waals surface area (Å²) in [4.78, 5) is 10.7. The van der Waals surface area contributed by atoms with Crippen LogP contribution in [-0.4, -0.2) is 9.97 Å². The molecule has 0 bridgehead atoms. The number of para-hydroxylation sites is 2. The van der Waals surface area contributed by atoms with Gasteiger partial charge in [-0.1, -0.05) is 148 Å². The molecular formula is C50H40N2O. The molecule has 256 valence electrons. The number of nitrogens with zero attached hydrogens (tertiary/aromatic N) is 2. The first-order chi connectivity index (χ1) is 25.9. The number of hydrogen-bond donors (Lipinski definition) is 0. The molecule has 2 aliphatic rings. The quantitative estimate of drug-likeness (QED) is 0.157. The highest BCUT2D eigenvalue weighted by Crippen LogP contribution is 2.49. The van der Waals surface area contributed by atoms with Crippen molar-refractivity contribution in [3.63, 3.8) is 0 Å². The first-order valence-electron chi connectivity index (χ1n) is 18.4. The Labute approximate surface area is 311 Å². The van der Waals surface area contributed by atoms with Gasteiger partial charge in [-0.05, 0) is 88.6 Å². The van der Waals surface area contributed by atoms with E-state index in [1.54, 1.807) is 0 Å². The molecule has 0 aliphatic heterocycles. The third-order valence-electron chi connectivity index (χ3n) is 11.0. The summed E-state index contributed by atoms with van der Waals surface area (Å²) in [5, 5.41) is 2.16. The topological polar surface area (TPSA) is 38.9 Å². The fraction of sp³-hybridized carbons (Fsp3) is 0.120. The van der Waals surface area contributed by atoms with Gasteiger partial charge in [0, 0.05) is 32.9 Å². The van der Waals surface area contributed by atoms with Crippen LogP contribution in [0.5, 0.6) is 0 Å². The van der Waals surface area contributed by atoms with Gasteiger partial charge in [0.1, 0.15) is 11.2 Å². The van der Waals surface area contributed by atoms with Crippen LogP contribution < -0.4 is 0 Å². The van der Waals surface area contributed by atoms with Crippen molar-refractivity contribution in [2.45, 2.75) is 39.0 Å². The van der Waals surface area contributed by atoms with Gasteiger partial charge in [0.25, 0.3) is 0 Å². The maximum atomic E-state index is 6.56. The van der Waals surface area contributed by atoms with E-state index in [-0.39, 0.29) is 5.41 Å². The van der Waals surface area contributed by atoms with Crippen LogP contribution in [0.15, 0.2) is 174 Å². The fourth-order valence-electron chi connectivity index (χ4n) is 8.02. The normalized spacial score (nSPS) is 15.0. The summed E-state index contributed by atoms with van der Waals surface area (Å²) in [6, 6.07) is 42.7. The summed E-state index contributed by atoms with van der Waals surface area (Å²) in [5.74, 6) is 0.670. The van der Waals surface area contributed by atoms with Crippen LogP contribution in [0.4, 0.5) is 0 Å². The van der Waals surface area contributed by atoms with E-state index >= 15 is 0 Å². The summed E-state index contributed by atoms with van der Waals surface area (Å²) in [7, 11) is 0. The summed E-state index contributed by atoms with van der Waals surface area (Å²) >= 11 is 0. The average molecular weight is 685 g/mol. The maximum Gasteiger partial charge on any atom is 0.160 e. The molecule has 2 aliphatic carbocycles. The lowest BCUT2D eigenvalue weighted by atomic mass is 9.82. The van der Waals surface area contributed by atoms with E-state index in [1.165, 1.54) is 22.3 Å². The van der Waals surface area contributed by atoms with E-state index in [1.807, 2.05) is 12.1 Å². The van der Waals surface area contributed by atoms with Crippen molar-refractivity contribution in [2.24, 2.45) is 0 Å². The molecule has 9 rings (SSSR count). The van der Waals surface area contributed by atoms with E-state index in [4.69, 9.17) is 14.4 Å². The monoisotopic (exact) mass is 684 g/mol. The molecule has 0 amide bonds. The molecule has 0 N–H and O–H groups in total. The summed E-state index contributed by atoms with van der Waals surface area (Å²) < 4.78 is 6.56. The Hall–Kier alpha value is -6.32. The Morgan fingerprint density at radius 1 is 0.717 bits per heavy atom. The molecular weight excluding hydrogens is 645 g/mol. The second-order valence-corrected chi connectivity index (χ2v) is 14.6. The predicted molar refractivity (Wildman–Crippen MR) is 221 cm³/mol. The zero-order chi connectivity index (χ0) is 36.1. The molecule has 0 spiro atoms. The second kappa shape index (κ2) is 13.0. The first-order valence-corrected chi connectivity index (χ1v) is 18.4. The Morgan fingerprint density at radius 2 is 1.47 bits per heavy atom. The molecule has 0 fully saturated rings. The minimum absolute atomic E-state index is 0.150. The molecule has 0 saturated heterocycles. The molecule has 7 aromatic rings.